The van der Waals surface area contributed by atoms with E-state index in [0.29, 0.717) is 29.0 Å². The molecule has 1 N–H and O–H groups in total. The van der Waals surface area contributed by atoms with Crippen molar-refractivity contribution in [2.45, 2.75) is 51.6 Å². The Balaban J connectivity index is 1.57. The van der Waals surface area contributed by atoms with Crippen molar-refractivity contribution in [2.75, 3.05) is 26.2 Å². The molecule has 0 unspecified atom stereocenters. The van der Waals surface area contributed by atoms with E-state index in [2.05, 4.69) is 27.2 Å². The molecule has 0 bridgehead atoms. The van der Waals surface area contributed by atoms with Crippen LogP contribution < -0.4 is 19.7 Å². The lowest BCUT2D eigenvalue weighted by molar-refractivity contribution is 0.0954. The molecule has 1 aliphatic carbocycles. The van der Waals surface area contributed by atoms with Gasteiger partial charge in [-0.2, -0.15) is 0 Å². The number of ether oxygens (including phenoxy) is 2. The van der Waals surface area contributed by atoms with Crippen molar-refractivity contribution in [2.24, 2.45) is 0 Å². The molecule has 4 rings (SSSR count). The quantitative estimate of drug-likeness (QED) is 0.557. The van der Waals surface area contributed by atoms with Crippen LogP contribution in [-0.2, 0) is 6.54 Å². The number of amides is 1. The molecule has 0 saturated heterocycles. The van der Waals surface area contributed by atoms with E-state index in [0.717, 1.165) is 27.2 Å². The van der Waals surface area contributed by atoms with E-state index in [-0.39, 0.29) is 5.91 Å². The van der Waals surface area contributed by atoms with Gasteiger partial charge in [0.2, 0.25) is 0 Å². The Morgan fingerprint density at radius 3 is 2.69 bits per heavy atom. The highest BCUT2D eigenvalue weighted by atomic mass is 32.1. The standard InChI is InChI=1S/C24H30N4O3S/c1-15-20-22(28(2)17-8-6-5-7-9-17)26-14-27-24(20)32-21(15)23(29)25-13-16-10-11-18(30-3)12-19(16)31-4/h10-12,14,17H,5-9,13H2,1-4H3,(H,25,29). The van der Waals surface area contributed by atoms with Gasteiger partial charge in [0.15, 0.2) is 0 Å². The largest absolute Gasteiger partial charge is 0.497 e. The molecular formula is C24H30N4O3S. The van der Waals surface area contributed by atoms with Crippen molar-refractivity contribution in [3.05, 3.63) is 40.5 Å². The van der Waals surface area contributed by atoms with Crippen LogP contribution in [0.4, 0.5) is 5.82 Å². The van der Waals surface area contributed by atoms with Crippen LogP contribution in [-0.4, -0.2) is 43.2 Å². The molecule has 0 radical (unpaired) electrons. The van der Waals surface area contributed by atoms with Crippen molar-refractivity contribution in [1.29, 1.82) is 0 Å². The highest BCUT2D eigenvalue weighted by Crippen LogP contribution is 2.36. The smallest absolute Gasteiger partial charge is 0.261 e. The average molecular weight is 455 g/mol. The zero-order valence-corrected chi connectivity index (χ0v) is 19.9. The number of aryl methyl sites for hydroxylation is 1. The summed E-state index contributed by atoms with van der Waals surface area (Å²) in [6.45, 7) is 2.35. The molecule has 2 aromatic heterocycles. The highest BCUT2D eigenvalue weighted by Gasteiger charge is 2.25. The van der Waals surface area contributed by atoms with E-state index in [9.17, 15) is 4.79 Å². The lowest BCUT2D eigenvalue weighted by Crippen LogP contribution is -2.34. The fourth-order valence-electron chi connectivity index (χ4n) is 4.43. The number of hydrogen-bond donors (Lipinski definition) is 1. The Kier molecular flexibility index (Phi) is 6.79. The summed E-state index contributed by atoms with van der Waals surface area (Å²) in [5.74, 6) is 2.20. The molecule has 1 aliphatic rings. The zero-order chi connectivity index (χ0) is 22.7. The van der Waals surface area contributed by atoms with Gasteiger partial charge in [-0.25, -0.2) is 9.97 Å². The molecule has 32 heavy (non-hydrogen) atoms. The third-order valence-electron chi connectivity index (χ3n) is 6.30. The first-order chi connectivity index (χ1) is 15.5. The first-order valence-electron chi connectivity index (χ1n) is 11.0. The number of aromatic nitrogens is 2. The molecule has 1 fully saturated rings. The van der Waals surface area contributed by atoms with Gasteiger partial charge in [0.05, 0.1) is 24.5 Å². The minimum Gasteiger partial charge on any atom is -0.497 e. The SMILES string of the molecule is COc1ccc(CNC(=O)c2sc3ncnc(N(C)C4CCCCC4)c3c2C)c(OC)c1. The maximum atomic E-state index is 13.1. The van der Waals surface area contributed by atoms with Crippen molar-refractivity contribution in [3.8, 4) is 11.5 Å². The third kappa shape index (κ3) is 4.37. The molecule has 8 heteroatoms. The van der Waals surface area contributed by atoms with Gasteiger partial charge in [-0.1, -0.05) is 19.3 Å². The average Bonchev–Trinajstić information content (AvgIpc) is 3.19. The minimum absolute atomic E-state index is 0.116. The van der Waals surface area contributed by atoms with Crippen molar-refractivity contribution in [3.63, 3.8) is 0 Å². The second kappa shape index (κ2) is 9.73. The molecule has 170 valence electrons. The fourth-order valence-corrected chi connectivity index (χ4v) is 5.49. The van der Waals surface area contributed by atoms with E-state index in [4.69, 9.17) is 9.47 Å². The summed E-state index contributed by atoms with van der Waals surface area (Å²) in [4.78, 5) is 26.0. The van der Waals surface area contributed by atoms with Crippen molar-refractivity contribution < 1.29 is 14.3 Å². The van der Waals surface area contributed by atoms with Gasteiger partial charge >= 0.3 is 0 Å². The third-order valence-corrected chi connectivity index (χ3v) is 7.50. The Bertz CT molecular complexity index is 1110. The molecule has 1 saturated carbocycles. The number of carbonyl (C=O) groups is 1. The van der Waals surface area contributed by atoms with E-state index in [1.165, 1.54) is 43.4 Å². The molecule has 7 nitrogen and oxygen atoms in total. The predicted molar refractivity (Wildman–Crippen MR) is 128 cm³/mol. The number of anilines is 1. The van der Waals surface area contributed by atoms with E-state index < -0.39 is 0 Å². The normalized spacial score (nSPS) is 14.4. The monoisotopic (exact) mass is 454 g/mol. The van der Waals surface area contributed by atoms with Gasteiger partial charge < -0.3 is 19.7 Å². The molecular weight excluding hydrogens is 424 g/mol. The lowest BCUT2D eigenvalue weighted by atomic mass is 9.94. The second-order valence-electron chi connectivity index (χ2n) is 8.20. The maximum Gasteiger partial charge on any atom is 0.261 e. The van der Waals surface area contributed by atoms with Crippen LogP contribution in [0.2, 0.25) is 0 Å². The van der Waals surface area contributed by atoms with Crippen LogP contribution in [0.5, 0.6) is 11.5 Å². The highest BCUT2D eigenvalue weighted by molar-refractivity contribution is 7.20. The second-order valence-corrected chi connectivity index (χ2v) is 9.20. The van der Waals surface area contributed by atoms with Gasteiger partial charge in [-0.3, -0.25) is 4.79 Å². The number of thiophene rings is 1. The van der Waals surface area contributed by atoms with Gasteiger partial charge in [0.1, 0.15) is 28.5 Å². The Morgan fingerprint density at radius 2 is 1.97 bits per heavy atom. The van der Waals surface area contributed by atoms with Crippen LogP contribution in [0.25, 0.3) is 10.2 Å². The Morgan fingerprint density at radius 1 is 1.19 bits per heavy atom. The molecule has 0 aliphatic heterocycles. The summed E-state index contributed by atoms with van der Waals surface area (Å²) in [5, 5.41) is 4.01. The number of nitrogens with zero attached hydrogens (tertiary/aromatic N) is 3. The zero-order valence-electron chi connectivity index (χ0n) is 19.1. The summed E-state index contributed by atoms with van der Waals surface area (Å²) in [6.07, 6.45) is 7.80. The number of benzene rings is 1. The van der Waals surface area contributed by atoms with Crippen LogP contribution >= 0.6 is 11.3 Å². The first kappa shape index (κ1) is 22.3. The maximum absolute atomic E-state index is 13.1. The number of carbonyl (C=O) groups excluding carboxylic acids is 1. The van der Waals surface area contributed by atoms with Crippen LogP contribution in [0.15, 0.2) is 24.5 Å². The molecule has 0 spiro atoms. The Hall–Kier alpha value is -2.87. The van der Waals surface area contributed by atoms with Crippen LogP contribution in [0, 0.1) is 6.92 Å². The fraction of sp³-hybridized carbons (Fsp3) is 0.458. The number of methoxy groups -OCH3 is 2. The Labute approximate surface area is 192 Å². The van der Waals surface area contributed by atoms with Crippen molar-refractivity contribution >= 4 is 33.3 Å². The minimum atomic E-state index is -0.116. The number of nitrogens with one attached hydrogen (secondary N) is 1. The molecule has 2 heterocycles. The number of hydrogen-bond acceptors (Lipinski definition) is 7. The van der Waals surface area contributed by atoms with E-state index in [1.54, 1.807) is 20.5 Å². The van der Waals surface area contributed by atoms with E-state index >= 15 is 0 Å². The summed E-state index contributed by atoms with van der Waals surface area (Å²) in [6, 6.07) is 6.06. The van der Waals surface area contributed by atoms with Crippen LogP contribution in [0.1, 0.15) is 52.9 Å². The van der Waals surface area contributed by atoms with Gasteiger partial charge in [-0.15, -0.1) is 11.3 Å². The summed E-state index contributed by atoms with van der Waals surface area (Å²) in [7, 11) is 5.34. The first-order valence-corrected chi connectivity index (χ1v) is 11.8. The number of fused-ring (bicyclic) bond motifs is 1. The molecule has 1 amide bonds. The predicted octanol–water partition coefficient (Wildman–Crippen LogP) is 4.72. The summed E-state index contributed by atoms with van der Waals surface area (Å²) in [5.41, 5.74) is 1.82. The van der Waals surface area contributed by atoms with Gasteiger partial charge in [-0.05, 0) is 37.5 Å². The molecule has 1 aromatic carbocycles. The van der Waals surface area contributed by atoms with Gasteiger partial charge in [0.25, 0.3) is 5.91 Å². The van der Waals surface area contributed by atoms with Gasteiger partial charge in [0, 0.05) is 31.3 Å². The molecule has 0 atom stereocenters. The summed E-state index contributed by atoms with van der Waals surface area (Å²) >= 11 is 1.42. The van der Waals surface area contributed by atoms with Crippen molar-refractivity contribution in [1.82, 2.24) is 15.3 Å². The summed E-state index contributed by atoms with van der Waals surface area (Å²) < 4.78 is 10.7. The number of rotatable bonds is 7. The lowest BCUT2D eigenvalue weighted by Gasteiger charge is -2.32. The van der Waals surface area contributed by atoms with Crippen LogP contribution in [0.3, 0.4) is 0 Å². The molecule has 3 aromatic rings. The topological polar surface area (TPSA) is 76.6 Å². The van der Waals surface area contributed by atoms with E-state index in [1.807, 2.05) is 25.1 Å².